The van der Waals surface area contributed by atoms with Crippen molar-refractivity contribution in [2.75, 3.05) is 0 Å². The van der Waals surface area contributed by atoms with Crippen LogP contribution in [0.1, 0.15) is 0 Å². The average molecular weight is 205 g/mol. The highest BCUT2D eigenvalue weighted by Gasteiger charge is 2.14. The molecule has 2 rings (SSSR count). The fourth-order valence-electron chi connectivity index (χ4n) is 1.34. The molecule has 0 unspecified atom stereocenters. The van der Waals surface area contributed by atoms with E-state index in [4.69, 9.17) is 0 Å². The van der Waals surface area contributed by atoms with E-state index in [9.17, 15) is 14.9 Å². The van der Waals surface area contributed by atoms with Crippen LogP contribution in [0.15, 0.2) is 35.1 Å². The second-order valence-electron chi connectivity index (χ2n) is 2.95. The van der Waals surface area contributed by atoms with Crippen molar-refractivity contribution in [3.05, 3.63) is 50.8 Å². The minimum absolute atomic E-state index is 0.0345. The Balaban J connectivity index is 2.62. The minimum Gasteiger partial charge on any atom is -0.297 e. The molecule has 0 saturated carbocycles. The van der Waals surface area contributed by atoms with Crippen LogP contribution in [0, 0.1) is 10.1 Å². The normalized spacial score (nSPS) is 10.1. The molecule has 15 heavy (non-hydrogen) atoms. The predicted octanol–water partition coefficient (Wildman–Crippen LogP) is 1.28. The van der Waals surface area contributed by atoms with Gasteiger partial charge in [0.05, 0.1) is 16.2 Å². The van der Waals surface area contributed by atoms with Crippen LogP contribution in [0.25, 0.3) is 11.3 Å². The van der Waals surface area contributed by atoms with E-state index in [1.165, 1.54) is 12.1 Å². The molecule has 0 amide bonds. The first kappa shape index (κ1) is 9.20. The van der Waals surface area contributed by atoms with Gasteiger partial charge in [0, 0.05) is 12.1 Å². The molecule has 2 N–H and O–H groups in total. The van der Waals surface area contributed by atoms with Gasteiger partial charge < -0.3 is 0 Å². The molecule has 76 valence electrons. The predicted molar refractivity (Wildman–Crippen MR) is 53.5 cm³/mol. The molecule has 0 fully saturated rings. The minimum atomic E-state index is -0.485. The first-order valence-electron chi connectivity index (χ1n) is 4.20. The van der Waals surface area contributed by atoms with E-state index >= 15 is 0 Å². The van der Waals surface area contributed by atoms with Gasteiger partial charge in [-0.2, -0.15) is 0 Å². The maximum atomic E-state index is 10.9. The molecule has 1 aromatic carbocycles. The summed E-state index contributed by atoms with van der Waals surface area (Å²) in [7, 11) is 0. The molecule has 6 heteroatoms. The highest BCUT2D eigenvalue weighted by atomic mass is 16.6. The van der Waals surface area contributed by atoms with Crippen molar-refractivity contribution < 1.29 is 4.92 Å². The Morgan fingerprint density at radius 2 is 1.93 bits per heavy atom. The number of aromatic amines is 2. The van der Waals surface area contributed by atoms with Gasteiger partial charge in [0.25, 0.3) is 11.2 Å². The van der Waals surface area contributed by atoms with Gasteiger partial charge in [0.2, 0.25) is 0 Å². The number of aromatic nitrogens is 2. The topological polar surface area (TPSA) is 91.8 Å². The zero-order chi connectivity index (χ0) is 10.8. The lowest BCUT2D eigenvalue weighted by atomic mass is 10.1. The molecular weight excluding hydrogens is 198 g/mol. The fourth-order valence-corrected chi connectivity index (χ4v) is 1.34. The van der Waals surface area contributed by atoms with Crippen LogP contribution in [-0.2, 0) is 0 Å². The maximum absolute atomic E-state index is 10.9. The lowest BCUT2D eigenvalue weighted by Crippen LogP contribution is -1.93. The Morgan fingerprint density at radius 3 is 2.53 bits per heavy atom. The van der Waals surface area contributed by atoms with E-state index in [1.54, 1.807) is 18.2 Å². The Kier molecular flexibility index (Phi) is 2.09. The third-order valence-corrected chi connectivity index (χ3v) is 1.99. The lowest BCUT2D eigenvalue weighted by molar-refractivity contribution is -0.384. The number of H-pyrrole nitrogens is 2. The van der Waals surface area contributed by atoms with Gasteiger partial charge in [-0.3, -0.25) is 25.1 Å². The van der Waals surface area contributed by atoms with E-state index in [0.29, 0.717) is 11.3 Å². The number of rotatable bonds is 2. The van der Waals surface area contributed by atoms with Gasteiger partial charge in [-0.15, -0.1) is 0 Å². The van der Waals surface area contributed by atoms with E-state index in [2.05, 4.69) is 10.2 Å². The summed E-state index contributed by atoms with van der Waals surface area (Å²) in [6, 6.07) is 7.50. The highest BCUT2D eigenvalue weighted by molar-refractivity contribution is 5.69. The Bertz CT molecular complexity index is 555. The zero-order valence-electron chi connectivity index (χ0n) is 7.56. The Labute approximate surface area is 83.7 Å². The first-order valence-corrected chi connectivity index (χ1v) is 4.20. The van der Waals surface area contributed by atoms with E-state index in [1.807, 2.05) is 0 Å². The largest absolute Gasteiger partial charge is 0.297 e. The van der Waals surface area contributed by atoms with Gasteiger partial charge in [-0.05, 0) is 6.07 Å². The maximum Gasteiger partial charge on any atom is 0.278 e. The van der Waals surface area contributed by atoms with Crippen molar-refractivity contribution in [3.8, 4) is 11.3 Å². The number of nitro groups is 1. The monoisotopic (exact) mass is 205 g/mol. The summed E-state index contributed by atoms with van der Waals surface area (Å²) in [5.74, 6) is 0. The molecule has 6 nitrogen and oxygen atoms in total. The van der Waals surface area contributed by atoms with Crippen molar-refractivity contribution in [1.82, 2.24) is 10.2 Å². The molecule has 0 bridgehead atoms. The standard InChI is InChI=1S/C9H7N3O3/c13-9-5-7(10-11-9)6-3-1-2-4-8(6)12(14)15/h1-5H,(H2,10,11,13). The van der Waals surface area contributed by atoms with E-state index in [-0.39, 0.29) is 11.2 Å². The number of para-hydroxylation sites is 1. The molecule has 1 heterocycles. The summed E-state index contributed by atoms with van der Waals surface area (Å²) >= 11 is 0. The van der Waals surface area contributed by atoms with Gasteiger partial charge in [0.1, 0.15) is 0 Å². The van der Waals surface area contributed by atoms with Crippen molar-refractivity contribution in [2.45, 2.75) is 0 Å². The molecule has 0 aliphatic rings. The quantitative estimate of drug-likeness (QED) is 0.571. The van der Waals surface area contributed by atoms with Crippen LogP contribution in [0.4, 0.5) is 5.69 Å². The Hall–Kier alpha value is -2.37. The highest BCUT2D eigenvalue weighted by Crippen LogP contribution is 2.26. The van der Waals surface area contributed by atoms with Crippen LogP contribution in [0.2, 0.25) is 0 Å². The summed E-state index contributed by atoms with van der Waals surface area (Å²) in [6.07, 6.45) is 0. The number of benzene rings is 1. The molecule has 0 spiro atoms. The number of nitro benzene ring substituents is 1. The molecule has 0 saturated heterocycles. The van der Waals surface area contributed by atoms with Crippen LogP contribution in [0.5, 0.6) is 0 Å². The summed E-state index contributed by atoms with van der Waals surface area (Å²) in [4.78, 5) is 21.1. The molecule has 0 radical (unpaired) electrons. The molecule has 1 aromatic heterocycles. The smallest absolute Gasteiger partial charge is 0.278 e. The van der Waals surface area contributed by atoms with E-state index < -0.39 is 4.92 Å². The van der Waals surface area contributed by atoms with Gasteiger partial charge in [0.15, 0.2) is 0 Å². The summed E-state index contributed by atoms with van der Waals surface area (Å²) < 4.78 is 0. The van der Waals surface area contributed by atoms with Gasteiger partial charge in [-0.25, -0.2) is 0 Å². The molecule has 0 atom stereocenters. The average Bonchev–Trinajstić information content (AvgIpc) is 2.65. The number of hydrogen-bond donors (Lipinski definition) is 2. The second kappa shape index (κ2) is 3.41. The van der Waals surface area contributed by atoms with E-state index in [0.717, 1.165) is 0 Å². The Morgan fingerprint density at radius 1 is 1.20 bits per heavy atom. The van der Waals surface area contributed by atoms with Gasteiger partial charge >= 0.3 is 0 Å². The van der Waals surface area contributed by atoms with Crippen LogP contribution < -0.4 is 5.56 Å². The second-order valence-corrected chi connectivity index (χ2v) is 2.95. The van der Waals surface area contributed by atoms with Crippen molar-refractivity contribution >= 4 is 5.69 Å². The van der Waals surface area contributed by atoms with Crippen molar-refractivity contribution in [3.63, 3.8) is 0 Å². The third kappa shape index (κ3) is 1.64. The first-order chi connectivity index (χ1) is 7.18. The lowest BCUT2D eigenvalue weighted by Gasteiger charge is -1.98. The third-order valence-electron chi connectivity index (χ3n) is 1.99. The van der Waals surface area contributed by atoms with Crippen molar-refractivity contribution in [1.29, 1.82) is 0 Å². The van der Waals surface area contributed by atoms with Crippen LogP contribution in [-0.4, -0.2) is 15.1 Å². The van der Waals surface area contributed by atoms with Crippen LogP contribution in [0.3, 0.4) is 0 Å². The molecule has 0 aliphatic heterocycles. The summed E-state index contributed by atoms with van der Waals surface area (Å²) in [5, 5.41) is 15.6. The van der Waals surface area contributed by atoms with Gasteiger partial charge in [-0.1, -0.05) is 12.1 Å². The fraction of sp³-hybridized carbons (Fsp3) is 0. The number of hydrogen-bond acceptors (Lipinski definition) is 3. The van der Waals surface area contributed by atoms with Crippen LogP contribution >= 0.6 is 0 Å². The zero-order valence-corrected chi connectivity index (χ0v) is 7.56. The SMILES string of the molecule is O=c1cc(-c2ccccc2[N+](=O)[O-])[nH][nH]1. The van der Waals surface area contributed by atoms with Crippen molar-refractivity contribution in [2.24, 2.45) is 0 Å². The molecule has 2 aromatic rings. The summed E-state index contributed by atoms with van der Waals surface area (Å²) in [5.41, 5.74) is 0.448. The summed E-state index contributed by atoms with van der Waals surface area (Å²) in [6.45, 7) is 0. The molecule has 0 aliphatic carbocycles. The molecular formula is C9H7N3O3. The number of nitrogens with one attached hydrogen (secondary N) is 2. The number of nitrogens with zero attached hydrogens (tertiary/aromatic N) is 1.